The largest absolute Gasteiger partial charge is 0.387 e. The molecular formula is C21H22N4O4. The number of nitrogens with one attached hydrogen (secondary N) is 2. The van der Waals surface area contributed by atoms with Crippen LogP contribution >= 0.6 is 0 Å². The molecule has 2 aromatic rings. The van der Waals surface area contributed by atoms with E-state index in [4.69, 9.17) is 10.0 Å². The van der Waals surface area contributed by atoms with E-state index in [0.29, 0.717) is 24.8 Å². The molecule has 0 bridgehead atoms. The molecule has 1 aliphatic carbocycles. The number of carbonyl (C=O) groups is 2. The Morgan fingerprint density at radius 3 is 2.66 bits per heavy atom. The van der Waals surface area contributed by atoms with Gasteiger partial charge in [-0.2, -0.15) is 0 Å². The maximum absolute atomic E-state index is 12.6. The summed E-state index contributed by atoms with van der Waals surface area (Å²) in [4.78, 5) is 34.1. The van der Waals surface area contributed by atoms with Crippen molar-refractivity contribution in [3.63, 3.8) is 0 Å². The van der Waals surface area contributed by atoms with Gasteiger partial charge in [-0.1, -0.05) is 29.8 Å². The predicted molar refractivity (Wildman–Crippen MR) is 104 cm³/mol. The first-order chi connectivity index (χ1) is 14.2. The van der Waals surface area contributed by atoms with E-state index in [2.05, 4.69) is 15.5 Å². The second-order valence-electron chi connectivity index (χ2n) is 7.27. The summed E-state index contributed by atoms with van der Waals surface area (Å²) in [6.07, 6.45) is 4.32. The second-order valence-corrected chi connectivity index (χ2v) is 7.27. The van der Waals surface area contributed by atoms with E-state index in [1.54, 1.807) is 23.8 Å². The topological polar surface area (TPSA) is 113 Å². The Labute approximate surface area is 167 Å². The second kappa shape index (κ2) is 8.40. The van der Waals surface area contributed by atoms with E-state index in [1.807, 2.05) is 30.3 Å². The van der Waals surface area contributed by atoms with Crippen LogP contribution in [0.25, 0.3) is 0 Å². The fraction of sp³-hybridized carbons (Fsp3) is 0.333. The van der Waals surface area contributed by atoms with Gasteiger partial charge in [0.15, 0.2) is 6.10 Å². The average molecular weight is 394 g/mol. The molecule has 29 heavy (non-hydrogen) atoms. The van der Waals surface area contributed by atoms with Crippen molar-refractivity contribution in [2.45, 2.75) is 37.8 Å². The van der Waals surface area contributed by atoms with Gasteiger partial charge in [-0.25, -0.2) is 5.48 Å². The summed E-state index contributed by atoms with van der Waals surface area (Å²) in [6.45, 7) is 0. The molecule has 0 radical (unpaired) electrons. The number of hydroxylamine groups is 1. The van der Waals surface area contributed by atoms with Crippen LogP contribution in [-0.4, -0.2) is 33.8 Å². The normalized spacial score (nSPS) is 23.2. The van der Waals surface area contributed by atoms with Crippen LogP contribution in [0.3, 0.4) is 0 Å². The first-order valence-electron chi connectivity index (χ1n) is 9.64. The maximum Gasteiger partial charge on any atom is 0.251 e. The number of aromatic nitrogens is 1. The van der Waals surface area contributed by atoms with Gasteiger partial charge in [-0.3, -0.25) is 19.8 Å². The summed E-state index contributed by atoms with van der Waals surface area (Å²) < 4.78 is 0. The van der Waals surface area contributed by atoms with Crippen LogP contribution < -0.4 is 10.8 Å². The number of nitrogens with zero attached hydrogens (tertiary/aromatic N) is 2. The lowest BCUT2D eigenvalue weighted by atomic mass is 10.0. The molecule has 1 aromatic heterocycles. The van der Waals surface area contributed by atoms with Crippen molar-refractivity contribution < 1.29 is 19.6 Å². The van der Waals surface area contributed by atoms with Crippen molar-refractivity contribution in [2.24, 2.45) is 11.1 Å². The zero-order chi connectivity index (χ0) is 20.2. The van der Waals surface area contributed by atoms with Crippen molar-refractivity contribution >= 4 is 17.5 Å². The molecule has 0 spiro atoms. The third kappa shape index (κ3) is 4.12. The highest BCUT2D eigenvalue weighted by Gasteiger charge is 2.34. The van der Waals surface area contributed by atoms with Crippen LogP contribution in [0.5, 0.6) is 0 Å². The Bertz CT molecular complexity index is 914. The first kappa shape index (κ1) is 19.1. The molecule has 8 heteroatoms. The van der Waals surface area contributed by atoms with Crippen molar-refractivity contribution in [1.29, 1.82) is 0 Å². The van der Waals surface area contributed by atoms with Gasteiger partial charge in [-0.15, -0.1) is 0 Å². The lowest BCUT2D eigenvalue weighted by molar-refractivity contribution is -0.133. The van der Waals surface area contributed by atoms with E-state index in [9.17, 15) is 9.59 Å². The lowest BCUT2D eigenvalue weighted by Gasteiger charge is -2.19. The first-order valence-corrected chi connectivity index (χ1v) is 9.64. The summed E-state index contributed by atoms with van der Waals surface area (Å²) in [7, 11) is 0. The van der Waals surface area contributed by atoms with Gasteiger partial charge in [0.2, 0.25) is 5.91 Å². The fourth-order valence-corrected chi connectivity index (χ4v) is 3.87. The number of benzene rings is 1. The van der Waals surface area contributed by atoms with Gasteiger partial charge in [0, 0.05) is 24.2 Å². The molecule has 2 aliphatic rings. The minimum atomic E-state index is -0.453. The fourth-order valence-electron chi connectivity index (χ4n) is 3.87. The Hall–Kier alpha value is -3.26. The Balaban J connectivity index is 1.37. The summed E-state index contributed by atoms with van der Waals surface area (Å²) in [5.41, 5.74) is 4.71. The van der Waals surface area contributed by atoms with Crippen LogP contribution in [0, 0.1) is 5.92 Å². The minimum Gasteiger partial charge on any atom is -0.387 e. The number of hydrogen-bond donors (Lipinski definition) is 3. The monoisotopic (exact) mass is 394 g/mol. The third-order valence-electron chi connectivity index (χ3n) is 5.45. The van der Waals surface area contributed by atoms with Crippen molar-refractivity contribution in [3.05, 3.63) is 65.5 Å². The maximum atomic E-state index is 12.6. The predicted octanol–water partition coefficient (Wildman–Crippen LogP) is 2.35. The zero-order valence-electron chi connectivity index (χ0n) is 15.7. The van der Waals surface area contributed by atoms with Crippen molar-refractivity contribution in [1.82, 2.24) is 15.8 Å². The van der Waals surface area contributed by atoms with Gasteiger partial charge in [0.1, 0.15) is 5.71 Å². The Morgan fingerprint density at radius 2 is 1.93 bits per heavy atom. The molecule has 1 fully saturated rings. The van der Waals surface area contributed by atoms with Gasteiger partial charge in [0.25, 0.3) is 5.91 Å². The molecular weight excluding hydrogens is 372 g/mol. The Morgan fingerprint density at radius 1 is 1.10 bits per heavy atom. The number of oxime groups is 1. The zero-order valence-corrected chi connectivity index (χ0v) is 15.7. The summed E-state index contributed by atoms with van der Waals surface area (Å²) in [6, 6.07) is 12.6. The standard InChI is InChI=1S/C21H22N4O4/c26-20(23-16-6-3-4-15(16)21(27)24-28)14-9-7-13(8-10-14)19-12-18(25-29-19)17-5-1-2-11-22-17/h1-2,5,7-11,15-16,19,28H,3-4,6,12H2,(H,23,26)(H,24,27). The molecule has 4 rings (SSSR count). The average Bonchev–Trinajstić information content (AvgIpc) is 3.44. The molecule has 0 saturated heterocycles. The van der Waals surface area contributed by atoms with E-state index in [-0.39, 0.29) is 18.1 Å². The van der Waals surface area contributed by atoms with Crippen molar-refractivity contribution in [3.8, 4) is 0 Å². The Kier molecular flexibility index (Phi) is 5.53. The number of amides is 2. The molecule has 3 unspecified atom stereocenters. The highest BCUT2D eigenvalue weighted by molar-refractivity contribution is 5.99. The number of pyridine rings is 1. The van der Waals surface area contributed by atoms with Crippen LogP contribution in [-0.2, 0) is 9.63 Å². The van der Waals surface area contributed by atoms with Crippen LogP contribution in [0.15, 0.2) is 53.8 Å². The minimum absolute atomic E-state index is 0.212. The molecule has 1 saturated carbocycles. The van der Waals surface area contributed by atoms with Crippen molar-refractivity contribution in [2.75, 3.05) is 0 Å². The molecule has 3 atom stereocenters. The quantitative estimate of drug-likeness (QED) is 0.532. The molecule has 2 amide bonds. The van der Waals surface area contributed by atoms with Crippen LogP contribution in [0.4, 0.5) is 0 Å². The van der Waals surface area contributed by atoms with E-state index < -0.39 is 11.8 Å². The molecule has 150 valence electrons. The SMILES string of the molecule is O=C(NC1CCCC1C(=O)NO)c1ccc(C2CC(c3ccccn3)=NO2)cc1. The summed E-state index contributed by atoms with van der Waals surface area (Å²) >= 11 is 0. The molecule has 1 aliphatic heterocycles. The van der Waals surface area contributed by atoms with E-state index in [0.717, 1.165) is 23.4 Å². The molecule has 1 aromatic carbocycles. The number of carbonyl (C=O) groups excluding carboxylic acids is 2. The lowest BCUT2D eigenvalue weighted by Crippen LogP contribution is -2.43. The highest BCUT2D eigenvalue weighted by atomic mass is 16.6. The van der Waals surface area contributed by atoms with Gasteiger partial charge in [0.05, 0.1) is 11.6 Å². The summed E-state index contributed by atoms with van der Waals surface area (Å²) in [5.74, 6) is -1.10. The van der Waals surface area contributed by atoms with Gasteiger partial charge >= 0.3 is 0 Å². The number of rotatable bonds is 5. The molecule has 3 N–H and O–H groups in total. The summed E-state index contributed by atoms with van der Waals surface area (Å²) in [5, 5.41) is 15.9. The number of hydrogen-bond acceptors (Lipinski definition) is 6. The highest BCUT2D eigenvalue weighted by Crippen LogP contribution is 2.29. The van der Waals surface area contributed by atoms with E-state index >= 15 is 0 Å². The smallest absolute Gasteiger partial charge is 0.251 e. The third-order valence-corrected chi connectivity index (χ3v) is 5.45. The van der Waals surface area contributed by atoms with Crippen LogP contribution in [0.1, 0.15) is 53.4 Å². The van der Waals surface area contributed by atoms with Gasteiger partial charge < -0.3 is 10.2 Å². The van der Waals surface area contributed by atoms with Gasteiger partial charge in [-0.05, 0) is 42.7 Å². The van der Waals surface area contributed by atoms with E-state index in [1.165, 1.54) is 0 Å². The molecule has 2 heterocycles. The molecule has 8 nitrogen and oxygen atoms in total. The van der Waals surface area contributed by atoms with Crippen LogP contribution in [0.2, 0.25) is 0 Å².